The predicted molar refractivity (Wildman–Crippen MR) is 128 cm³/mol. The number of methoxy groups -OCH3 is 1. The molecule has 2 aromatic heterocycles. The number of nitrogens with one attached hydrogen (secondary N) is 1. The summed E-state index contributed by atoms with van der Waals surface area (Å²) in [6.45, 7) is 3.59. The first-order valence-corrected chi connectivity index (χ1v) is 12.6. The van der Waals surface area contributed by atoms with Crippen molar-refractivity contribution in [3.05, 3.63) is 60.0 Å². The molecule has 0 aliphatic carbocycles. The van der Waals surface area contributed by atoms with Crippen LogP contribution in [0, 0.1) is 12.7 Å². The Balaban J connectivity index is 1.75. The minimum atomic E-state index is -2.38. The second-order valence-electron chi connectivity index (χ2n) is 7.93. The van der Waals surface area contributed by atoms with E-state index >= 15 is 0 Å². The Labute approximate surface area is 196 Å². The highest BCUT2D eigenvalue weighted by Crippen LogP contribution is 2.38. The molecule has 34 heavy (non-hydrogen) atoms. The summed E-state index contributed by atoms with van der Waals surface area (Å²) in [4.78, 5) is 8.67. The van der Waals surface area contributed by atoms with Gasteiger partial charge in [-0.05, 0) is 32.0 Å². The van der Waals surface area contributed by atoms with E-state index < -0.39 is 21.7 Å². The molecular weight excluding hydrogens is 461 g/mol. The maximum atomic E-state index is 14.1. The van der Waals surface area contributed by atoms with Gasteiger partial charge in [-0.3, -0.25) is 0 Å². The molecule has 1 N–H and O–H groups in total. The number of rotatable bonds is 7. The van der Waals surface area contributed by atoms with Crippen molar-refractivity contribution in [1.82, 2.24) is 15.1 Å². The number of hydrogen-bond acceptors (Lipinski definition) is 9. The Kier molecular flexibility index (Phi) is 6.38. The number of aromatic nitrogens is 3. The van der Waals surface area contributed by atoms with E-state index in [1.165, 1.54) is 25.6 Å². The van der Waals surface area contributed by atoms with Gasteiger partial charge in [-0.15, -0.1) is 0 Å². The van der Waals surface area contributed by atoms with Crippen molar-refractivity contribution in [2.45, 2.75) is 20.0 Å². The van der Waals surface area contributed by atoms with Crippen molar-refractivity contribution < 1.29 is 22.6 Å². The summed E-state index contributed by atoms with van der Waals surface area (Å²) in [5.74, 6) is 1.18. The fourth-order valence-electron chi connectivity index (χ4n) is 3.35. The molecule has 0 aliphatic rings. The van der Waals surface area contributed by atoms with Crippen LogP contribution in [-0.2, 0) is 9.73 Å². The Bertz CT molecular complexity index is 1470. The fourth-order valence-corrected chi connectivity index (χ4v) is 3.96. The average molecular weight is 486 g/mol. The summed E-state index contributed by atoms with van der Waals surface area (Å²) in [7, 11) is -0.864. The van der Waals surface area contributed by atoms with Crippen LogP contribution in [0.5, 0.6) is 11.5 Å². The number of halogens is 1. The summed E-state index contributed by atoms with van der Waals surface area (Å²) in [5.41, 5.74) is 2.21. The van der Waals surface area contributed by atoms with Crippen molar-refractivity contribution in [3.63, 3.8) is 0 Å². The molecule has 0 spiro atoms. The van der Waals surface area contributed by atoms with Crippen LogP contribution in [0.25, 0.3) is 10.9 Å². The molecule has 1 atom stereocenters. The summed E-state index contributed by atoms with van der Waals surface area (Å²) in [6.07, 6.45) is 3.97. The van der Waals surface area contributed by atoms with Gasteiger partial charge in [-0.1, -0.05) is 5.16 Å². The minimum absolute atomic E-state index is 0.260. The fraction of sp³-hybridized carbons (Fsp3) is 0.261. The second kappa shape index (κ2) is 9.26. The van der Waals surface area contributed by atoms with Gasteiger partial charge >= 0.3 is 0 Å². The molecule has 0 bridgehead atoms. The molecule has 0 radical (unpaired) electrons. The number of benzene rings is 2. The van der Waals surface area contributed by atoms with E-state index in [1.807, 2.05) is 0 Å². The van der Waals surface area contributed by atoms with Crippen LogP contribution in [-0.4, -0.2) is 39.0 Å². The van der Waals surface area contributed by atoms with E-state index in [-0.39, 0.29) is 5.75 Å². The van der Waals surface area contributed by atoms with E-state index in [0.29, 0.717) is 39.6 Å². The van der Waals surface area contributed by atoms with Gasteiger partial charge in [-0.25, -0.2) is 18.6 Å². The predicted octanol–water partition coefficient (Wildman–Crippen LogP) is 5.32. The first-order valence-electron chi connectivity index (χ1n) is 10.3. The zero-order valence-corrected chi connectivity index (χ0v) is 20.1. The number of ether oxygens (including phenoxy) is 2. The molecule has 4 aromatic rings. The van der Waals surface area contributed by atoms with Crippen LogP contribution in [0.15, 0.2) is 51.6 Å². The lowest BCUT2D eigenvalue weighted by Crippen LogP contribution is -2.05. The summed E-state index contributed by atoms with van der Waals surface area (Å²) in [5, 5.41) is 7.64. The van der Waals surface area contributed by atoms with Crippen LogP contribution in [0.2, 0.25) is 0 Å². The standard InChI is InChI=1S/C23H24FN5O4S/c1-13-8-19(33-28-13)14(2)32-20-9-15(24)6-7-17(20)27-23-22-18(25-12-26-23)10-16(11-21(22)31-3)29-34(4,5)30/h6-12,14H,1-5H3,(H,25,26,27). The van der Waals surface area contributed by atoms with Gasteiger partial charge in [0.25, 0.3) is 0 Å². The van der Waals surface area contributed by atoms with Gasteiger partial charge in [0.15, 0.2) is 11.9 Å². The third-order valence-electron chi connectivity index (χ3n) is 4.78. The van der Waals surface area contributed by atoms with Gasteiger partial charge in [0, 0.05) is 40.4 Å². The van der Waals surface area contributed by atoms with Crippen molar-refractivity contribution in [3.8, 4) is 11.5 Å². The molecule has 2 heterocycles. The first-order chi connectivity index (χ1) is 16.1. The van der Waals surface area contributed by atoms with E-state index in [0.717, 1.165) is 5.69 Å². The Morgan fingerprint density at radius 2 is 1.94 bits per heavy atom. The zero-order valence-electron chi connectivity index (χ0n) is 19.3. The van der Waals surface area contributed by atoms with Gasteiger partial charge in [0.1, 0.15) is 29.5 Å². The van der Waals surface area contributed by atoms with Crippen LogP contribution in [0.1, 0.15) is 24.5 Å². The van der Waals surface area contributed by atoms with E-state index in [9.17, 15) is 8.60 Å². The highest BCUT2D eigenvalue weighted by Gasteiger charge is 2.18. The summed E-state index contributed by atoms with van der Waals surface area (Å²) < 4.78 is 47.3. The van der Waals surface area contributed by atoms with E-state index in [4.69, 9.17) is 14.0 Å². The van der Waals surface area contributed by atoms with Crippen molar-refractivity contribution >= 4 is 37.8 Å². The summed E-state index contributed by atoms with van der Waals surface area (Å²) in [6, 6.07) is 9.27. The Morgan fingerprint density at radius 1 is 1.15 bits per heavy atom. The smallest absolute Gasteiger partial charge is 0.177 e. The molecule has 178 valence electrons. The zero-order chi connectivity index (χ0) is 24.5. The second-order valence-corrected chi connectivity index (χ2v) is 10.5. The van der Waals surface area contributed by atoms with Crippen LogP contribution in [0.3, 0.4) is 0 Å². The van der Waals surface area contributed by atoms with E-state index in [2.05, 4.69) is 24.8 Å². The number of nitrogens with zero attached hydrogens (tertiary/aromatic N) is 4. The molecule has 0 saturated heterocycles. The molecular formula is C23H24FN5O4S. The van der Waals surface area contributed by atoms with Gasteiger partial charge in [-0.2, -0.15) is 4.36 Å². The number of aryl methyl sites for hydroxylation is 1. The van der Waals surface area contributed by atoms with Crippen LogP contribution >= 0.6 is 0 Å². The van der Waals surface area contributed by atoms with Gasteiger partial charge in [0.2, 0.25) is 0 Å². The topological polar surface area (TPSA) is 112 Å². The maximum absolute atomic E-state index is 14.1. The summed E-state index contributed by atoms with van der Waals surface area (Å²) >= 11 is 0. The quantitative estimate of drug-likeness (QED) is 0.374. The third kappa shape index (κ3) is 5.25. The number of hydrogen-bond donors (Lipinski definition) is 1. The molecule has 11 heteroatoms. The Hall–Kier alpha value is -3.73. The molecule has 0 fully saturated rings. The highest BCUT2D eigenvalue weighted by atomic mass is 32.2. The van der Waals surface area contributed by atoms with Crippen LogP contribution < -0.4 is 14.8 Å². The van der Waals surface area contributed by atoms with Gasteiger partial charge in [0.05, 0.1) is 35.1 Å². The minimum Gasteiger partial charge on any atom is -0.496 e. The molecule has 2 aromatic carbocycles. The average Bonchev–Trinajstić information content (AvgIpc) is 3.20. The monoisotopic (exact) mass is 485 g/mol. The largest absolute Gasteiger partial charge is 0.496 e. The van der Waals surface area contributed by atoms with Crippen molar-refractivity contribution in [1.29, 1.82) is 0 Å². The first kappa shape index (κ1) is 23.4. The normalized spacial score (nSPS) is 12.4. The van der Waals surface area contributed by atoms with Crippen molar-refractivity contribution in [2.75, 3.05) is 24.9 Å². The molecule has 0 amide bonds. The third-order valence-corrected chi connectivity index (χ3v) is 5.43. The SMILES string of the molecule is COc1cc(N=S(C)(C)=O)cc2ncnc(Nc3ccc(F)cc3OC(C)c3cc(C)no3)c12. The lowest BCUT2D eigenvalue weighted by Gasteiger charge is -2.17. The van der Waals surface area contributed by atoms with Gasteiger partial charge < -0.3 is 19.3 Å². The van der Waals surface area contributed by atoms with Crippen LogP contribution in [0.4, 0.5) is 21.6 Å². The molecule has 9 nitrogen and oxygen atoms in total. The lowest BCUT2D eigenvalue weighted by atomic mass is 10.2. The molecule has 4 rings (SSSR count). The number of fused-ring (bicyclic) bond motifs is 1. The van der Waals surface area contributed by atoms with Crippen molar-refractivity contribution in [2.24, 2.45) is 4.36 Å². The lowest BCUT2D eigenvalue weighted by molar-refractivity contribution is 0.182. The van der Waals surface area contributed by atoms with E-state index in [1.54, 1.807) is 50.6 Å². The molecule has 0 aliphatic heterocycles. The number of anilines is 2. The highest BCUT2D eigenvalue weighted by molar-refractivity contribution is 7.92. The molecule has 1 unspecified atom stereocenters. The maximum Gasteiger partial charge on any atom is 0.177 e. The Morgan fingerprint density at radius 3 is 2.62 bits per heavy atom. The molecule has 0 saturated carbocycles.